The van der Waals surface area contributed by atoms with Crippen LogP contribution in [-0.4, -0.2) is 158 Å². The fourth-order valence-corrected chi connectivity index (χ4v) is 14.1. The highest BCUT2D eigenvalue weighted by atomic mass is 32.1. The molecule has 3 aromatic carbocycles. The highest BCUT2D eigenvalue weighted by Gasteiger charge is 2.51. The zero-order valence-electron chi connectivity index (χ0n) is 49.1. The Balaban J connectivity index is 0.875. The lowest BCUT2D eigenvalue weighted by atomic mass is 9.86. The molecule has 6 atom stereocenters. The van der Waals surface area contributed by atoms with Gasteiger partial charge >= 0.3 is 13.3 Å². The van der Waals surface area contributed by atoms with E-state index in [4.69, 9.17) is 5.73 Å². The third-order valence-electron chi connectivity index (χ3n) is 17.6. The number of carbonyl (C=O) groups excluding carboxylic acids is 9. The van der Waals surface area contributed by atoms with Crippen molar-refractivity contribution >= 4 is 82.2 Å². The molecule has 4 saturated heterocycles. The standard InChI is InChI=1S/C61H74F4N9O12PS/c1-60(2,3)38-12-10-35(11-13-38)28-44(58(82)72-26-22-34(23-27-72)6-4-7-36-8-5-9-41-42(36)31-73(57(41)81)46-18-21-52(76)70-54(46)78)68-53(77)43(16-20-51(66)75)67-55(79)47-17-15-40-24-25-71(33-50(62)63)32-45(59(83)74(40)47)69-56(80)49-30-37-29-39(14-19-48(37)88-49)61(64,65)87(84,85)86/h5,8-14,19,29-30,34,40,43-47,50H,4,6-7,15-18,20-28,31-33H2,1-3H3,(H2,66,75)(H,67,79)(H,68,77)(H,69,80)(H,70,76,78)(H2,84,85,86)/t40-,43+,44+,45+,46?,47+/m1/s1. The first-order valence-electron chi connectivity index (χ1n) is 29.7. The SMILES string of the molecule is CC(C)(C)c1ccc(C[C@H](NC(=O)[C@H](CCC(N)=O)NC(=O)[C@@H]2CC[C@@H]3CCN(CC(F)F)C[C@H](NC(=O)c4cc5cc(C(F)(F)P(=O)(O)O)ccc5s4)C(=O)N32)C(=O)N2CCC(CCCc3cccc4c3CN(C3CCC(=O)NC3=O)C4=O)CC2)cc1. The fourth-order valence-electron chi connectivity index (χ4n) is 12.7. The summed E-state index contributed by atoms with van der Waals surface area (Å²) in [7, 11) is -5.93. The number of primary amides is 1. The first-order chi connectivity index (χ1) is 41.6. The summed E-state index contributed by atoms with van der Waals surface area (Å²) in [5.41, 5.74) is 4.07. The first-order valence-corrected chi connectivity index (χ1v) is 32.1. The van der Waals surface area contributed by atoms with Gasteiger partial charge in [-0.25, -0.2) is 8.78 Å². The van der Waals surface area contributed by atoms with Crippen LogP contribution in [-0.2, 0) is 68.6 Å². The van der Waals surface area contributed by atoms with Crippen LogP contribution in [0.3, 0.4) is 0 Å². The summed E-state index contributed by atoms with van der Waals surface area (Å²) < 4.78 is 69.0. The molecule has 9 amide bonds. The van der Waals surface area contributed by atoms with E-state index in [0.717, 1.165) is 64.6 Å². The second-order valence-electron chi connectivity index (χ2n) is 24.7. The zero-order chi connectivity index (χ0) is 63.6. The summed E-state index contributed by atoms with van der Waals surface area (Å²) in [5.74, 6) is -5.26. The molecule has 5 aliphatic heterocycles. The Hall–Kier alpha value is -7.12. The Morgan fingerprint density at radius 2 is 1.58 bits per heavy atom. The van der Waals surface area contributed by atoms with Crippen molar-refractivity contribution < 1.29 is 75.1 Å². The molecule has 21 nitrogen and oxygen atoms in total. The van der Waals surface area contributed by atoms with Crippen molar-refractivity contribution in [3.63, 3.8) is 0 Å². The smallest absolute Gasteiger partial charge is 0.370 e. The number of likely N-dealkylation sites (tertiary alicyclic amines) is 1. The van der Waals surface area contributed by atoms with E-state index < -0.39 is 110 Å². The third kappa shape index (κ3) is 15.0. The van der Waals surface area contributed by atoms with Gasteiger partial charge in [0.1, 0.15) is 30.2 Å². The molecule has 0 spiro atoms. The molecule has 0 radical (unpaired) electrons. The Morgan fingerprint density at radius 3 is 2.25 bits per heavy atom. The van der Waals surface area contributed by atoms with Crippen LogP contribution < -0.4 is 27.0 Å². The Labute approximate surface area is 510 Å². The van der Waals surface area contributed by atoms with Crippen LogP contribution >= 0.6 is 18.9 Å². The van der Waals surface area contributed by atoms with Crippen molar-refractivity contribution in [3.8, 4) is 0 Å². The first kappa shape index (κ1) is 65.3. The highest BCUT2D eigenvalue weighted by Crippen LogP contribution is 2.59. The largest absolute Gasteiger partial charge is 0.399 e. The predicted molar refractivity (Wildman–Crippen MR) is 316 cm³/mol. The van der Waals surface area contributed by atoms with Gasteiger partial charge in [-0.15, -0.1) is 11.3 Å². The van der Waals surface area contributed by atoms with Gasteiger partial charge in [-0.3, -0.25) is 57.9 Å². The molecule has 6 heterocycles. The zero-order valence-corrected chi connectivity index (χ0v) is 50.8. The summed E-state index contributed by atoms with van der Waals surface area (Å²) >= 11 is 0.817. The van der Waals surface area contributed by atoms with Gasteiger partial charge in [0.15, 0.2) is 0 Å². The van der Waals surface area contributed by atoms with Crippen LogP contribution in [0.1, 0.15) is 139 Å². The quantitative estimate of drug-likeness (QED) is 0.0315. The van der Waals surface area contributed by atoms with Gasteiger partial charge in [-0.1, -0.05) is 63.2 Å². The molecular formula is C61H74F4N9O12PS. The van der Waals surface area contributed by atoms with E-state index in [2.05, 4.69) is 42.0 Å². The topological polar surface area (TPSA) is 298 Å². The average Bonchev–Trinajstić information content (AvgIpc) is 1.73. The number of rotatable bonds is 21. The molecule has 4 fully saturated rings. The maximum atomic E-state index is 14.8. The van der Waals surface area contributed by atoms with E-state index >= 15 is 0 Å². The molecule has 0 bridgehead atoms. The lowest BCUT2D eigenvalue weighted by molar-refractivity contribution is -0.144. The highest BCUT2D eigenvalue weighted by molar-refractivity contribution is 7.52. The lowest BCUT2D eigenvalue weighted by Crippen LogP contribution is -2.62. The van der Waals surface area contributed by atoms with Crippen molar-refractivity contribution in [1.82, 2.24) is 40.9 Å². The van der Waals surface area contributed by atoms with Crippen LogP contribution in [0.4, 0.5) is 17.6 Å². The minimum absolute atomic E-state index is 0.0301. The molecule has 0 aliphatic carbocycles. The predicted octanol–water partition coefficient (Wildman–Crippen LogP) is 5.35. The van der Waals surface area contributed by atoms with E-state index in [1.54, 1.807) is 15.9 Å². The van der Waals surface area contributed by atoms with Gasteiger partial charge in [0.25, 0.3) is 18.2 Å². The number of nitrogens with zero attached hydrogens (tertiary/aromatic N) is 4. The molecule has 9 rings (SSSR count). The van der Waals surface area contributed by atoms with E-state index in [0.29, 0.717) is 37.9 Å². The van der Waals surface area contributed by atoms with E-state index in [1.807, 2.05) is 36.4 Å². The van der Waals surface area contributed by atoms with Gasteiger partial charge in [0.05, 0.1) is 11.4 Å². The van der Waals surface area contributed by atoms with Gasteiger partial charge in [0, 0.05) is 73.9 Å². The average molecular weight is 1260 g/mol. The number of amides is 9. The van der Waals surface area contributed by atoms with Crippen LogP contribution in [0.5, 0.6) is 0 Å². The molecule has 0 saturated carbocycles. The number of hydrogen-bond acceptors (Lipinski definition) is 12. The molecule has 474 valence electrons. The number of nitrogens with one attached hydrogen (secondary N) is 4. The maximum Gasteiger partial charge on any atom is 0.399 e. The van der Waals surface area contributed by atoms with Gasteiger partial charge in [-0.05, 0) is 127 Å². The summed E-state index contributed by atoms with van der Waals surface area (Å²) in [4.78, 5) is 147. The lowest BCUT2D eigenvalue weighted by Gasteiger charge is -2.39. The van der Waals surface area contributed by atoms with Crippen molar-refractivity contribution in [2.45, 2.75) is 165 Å². The number of imide groups is 1. The number of benzene rings is 3. The number of aryl methyl sites for hydroxylation is 1. The number of piperidine rings is 2. The summed E-state index contributed by atoms with van der Waals surface area (Å²) in [6.07, 6.45) is 1.12. The van der Waals surface area contributed by atoms with Crippen LogP contribution in [0.2, 0.25) is 0 Å². The van der Waals surface area contributed by atoms with E-state index in [-0.39, 0.29) is 108 Å². The number of hydrogen-bond donors (Lipinski definition) is 7. The van der Waals surface area contributed by atoms with E-state index in [9.17, 15) is 75.1 Å². The number of nitrogens with two attached hydrogens (primary N) is 1. The molecule has 1 aromatic heterocycles. The molecule has 88 heavy (non-hydrogen) atoms. The number of alkyl halides is 4. The van der Waals surface area contributed by atoms with Crippen molar-refractivity contribution in [3.05, 3.63) is 105 Å². The maximum absolute atomic E-state index is 14.8. The summed E-state index contributed by atoms with van der Waals surface area (Å²) in [6, 6.07) is 10.4. The van der Waals surface area contributed by atoms with Crippen LogP contribution in [0.15, 0.2) is 66.7 Å². The normalized spacial score (nSPS) is 21.4. The third-order valence-corrected chi connectivity index (χ3v) is 19.7. The molecular weight excluding hydrogens is 1190 g/mol. The Kier molecular flexibility index (Phi) is 20.0. The number of halogens is 4. The van der Waals surface area contributed by atoms with Crippen molar-refractivity contribution in [1.29, 1.82) is 0 Å². The van der Waals surface area contributed by atoms with Gasteiger partial charge in [-0.2, -0.15) is 8.78 Å². The Morgan fingerprint density at radius 1 is 0.864 bits per heavy atom. The molecule has 1 unspecified atom stereocenters. The minimum atomic E-state index is -5.93. The molecule has 5 aliphatic rings. The molecule has 8 N–H and O–H groups in total. The van der Waals surface area contributed by atoms with Gasteiger partial charge < -0.3 is 46.2 Å². The van der Waals surface area contributed by atoms with Crippen LogP contribution in [0, 0.1) is 5.92 Å². The van der Waals surface area contributed by atoms with E-state index in [1.165, 1.54) is 15.9 Å². The van der Waals surface area contributed by atoms with Crippen LogP contribution in [0.25, 0.3) is 10.1 Å². The summed E-state index contributed by atoms with van der Waals surface area (Å²) in [5, 5.41) is 10.6. The monoisotopic (exact) mass is 1260 g/mol. The second-order valence-corrected chi connectivity index (χ2v) is 27.4. The second kappa shape index (κ2) is 26.9. The molecule has 4 aromatic rings. The van der Waals surface area contributed by atoms with Crippen molar-refractivity contribution in [2.24, 2.45) is 11.7 Å². The minimum Gasteiger partial charge on any atom is -0.370 e. The fraction of sp³-hybridized carbons (Fsp3) is 0.525. The van der Waals surface area contributed by atoms with Crippen molar-refractivity contribution in [2.75, 3.05) is 32.7 Å². The number of fused-ring (bicyclic) bond motifs is 3. The Bertz CT molecular complexity index is 3400. The van der Waals surface area contributed by atoms with Gasteiger partial charge in [0.2, 0.25) is 41.4 Å². The summed E-state index contributed by atoms with van der Waals surface area (Å²) in [6.45, 7) is 6.11. The number of thiophene rings is 1. The number of carbonyl (C=O) groups is 9. The molecule has 27 heteroatoms.